The second kappa shape index (κ2) is 5.02. The molecule has 1 aliphatic rings. The van der Waals surface area contributed by atoms with E-state index in [9.17, 15) is 8.42 Å². The molecule has 0 amide bonds. The Hall–Kier alpha value is -0.860. The van der Waals surface area contributed by atoms with Crippen molar-refractivity contribution in [1.29, 1.82) is 0 Å². The van der Waals surface area contributed by atoms with Gasteiger partial charge in [0, 0.05) is 18.3 Å². The van der Waals surface area contributed by atoms with Gasteiger partial charge in [-0.25, -0.2) is 23.1 Å². The molecule has 0 spiro atoms. The maximum atomic E-state index is 12.0. The summed E-state index contributed by atoms with van der Waals surface area (Å²) >= 11 is 1.71. The number of hydrogen-bond donors (Lipinski definition) is 2. The van der Waals surface area contributed by atoms with Crippen LogP contribution in [0.15, 0.2) is 17.3 Å². The van der Waals surface area contributed by atoms with E-state index in [1.54, 1.807) is 18.8 Å². The van der Waals surface area contributed by atoms with Crippen molar-refractivity contribution < 1.29 is 8.42 Å². The van der Waals surface area contributed by atoms with Crippen LogP contribution in [-0.2, 0) is 10.0 Å². The minimum absolute atomic E-state index is 0.0957. The van der Waals surface area contributed by atoms with Gasteiger partial charge in [0.2, 0.25) is 16.0 Å². The Morgan fingerprint density at radius 3 is 2.44 bits per heavy atom. The minimum Gasteiger partial charge on any atom is -0.357 e. The van der Waals surface area contributed by atoms with Crippen LogP contribution < -0.4 is 10.0 Å². The molecule has 8 heteroatoms. The highest BCUT2D eigenvalue weighted by molar-refractivity contribution is 8.00. The second-order valence-electron chi connectivity index (χ2n) is 4.20. The first kappa shape index (κ1) is 13.6. The Kier molecular flexibility index (Phi) is 3.79. The Morgan fingerprint density at radius 2 is 2.00 bits per heavy atom. The normalized spacial score (nSPS) is 17.4. The summed E-state index contributed by atoms with van der Waals surface area (Å²) in [7, 11) is -1.83. The van der Waals surface area contributed by atoms with Crippen molar-refractivity contribution in [3.05, 3.63) is 12.4 Å². The molecule has 1 saturated carbocycles. The number of nitrogens with zero attached hydrogens (tertiary/aromatic N) is 2. The molecule has 18 heavy (non-hydrogen) atoms. The van der Waals surface area contributed by atoms with Crippen LogP contribution in [0.1, 0.15) is 12.8 Å². The highest BCUT2D eigenvalue weighted by atomic mass is 32.2. The van der Waals surface area contributed by atoms with Crippen LogP contribution >= 0.6 is 11.8 Å². The zero-order valence-corrected chi connectivity index (χ0v) is 11.9. The van der Waals surface area contributed by atoms with Gasteiger partial charge >= 0.3 is 0 Å². The smallest absolute Gasteiger partial charge is 0.243 e. The molecular formula is C10H16N4O2S2. The zero-order valence-electron chi connectivity index (χ0n) is 10.3. The lowest BCUT2D eigenvalue weighted by molar-refractivity contribution is 0.579. The third-order valence-corrected chi connectivity index (χ3v) is 5.76. The fraction of sp³-hybridized carbons (Fsp3) is 0.600. The summed E-state index contributed by atoms with van der Waals surface area (Å²) in [6.45, 7) is 0.463. The summed E-state index contributed by atoms with van der Waals surface area (Å²) in [6.07, 6.45) is 6.74. The molecule has 2 N–H and O–H groups in total. The van der Waals surface area contributed by atoms with Crippen molar-refractivity contribution in [2.24, 2.45) is 0 Å². The van der Waals surface area contributed by atoms with Gasteiger partial charge < -0.3 is 5.32 Å². The van der Waals surface area contributed by atoms with E-state index in [0.717, 1.165) is 12.8 Å². The van der Waals surface area contributed by atoms with E-state index in [1.165, 1.54) is 12.4 Å². The summed E-state index contributed by atoms with van der Waals surface area (Å²) < 4.78 is 26.7. The molecule has 0 aliphatic heterocycles. The van der Waals surface area contributed by atoms with Gasteiger partial charge in [-0.1, -0.05) is 0 Å². The van der Waals surface area contributed by atoms with Crippen molar-refractivity contribution in [3.63, 3.8) is 0 Å². The first-order valence-corrected chi connectivity index (χ1v) is 8.27. The van der Waals surface area contributed by atoms with E-state index in [4.69, 9.17) is 0 Å². The molecule has 100 valence electrons. The molecule has 1 aromatic rings. The van der Waals surface area contributed by atoms with Crippen LogP contribution in [0.25, 0.3) is 0 Å². The summed E-state index contributed by atoms with van der Waals surface area (Å²) in [5.74, 6) is 0.400. The molecule has 1 aromatic heterocycles. The molecule has 6 nitrogen and oxygen atoms in total. The highest BCUT2D eigenvalue weighted by Gasteiger charge is 2.42. The van der Waals surface area contributed by atoms with E-state index in [-0.39, 0.29) is 9.64 Å². The predicted molar refractivity (Wildman–Crippen MR) is 72.2 cm³/mol. The van der Waals surface area contributed by atoms with E-state index in [1.807, 2.05) is 6.26 Å². The lowest BCUT2D eigenvalue weighted by atomic mass is 10.4. The van der Waals surface area contributed by atoms with Gasteiger partial charge in [0.05, 0.1) is 12.4 Å². The zero-order chi connectivity index (χ0) is 13.2. The third kappa shape index (κ3) is 2.93. The molecular weight excluding hydrogens is 272 g/mol. The van der Waals surface area contributed by atoms with Gasteiger partial charge in [0.25, 0.3) is 0 Å². The van der Waals surface area contributed by atoms with Crippen LogP contribution in [0, 0.1) is 0 Å². The van der Waals surface area contributed by atoms with Crippen molar-refractivity contribution in [3.8, 4) is 0 Å². The van der Waals surface area contributed by atoms with Crippen molar-refractivity contribution in [2.75, 3.05) is 25.2 Å². The highest BCUT2D eigenvalue weighted by Crippen LogP contribution is 2.46. The van der Waals surface area contributed by atoms with Gasteiger partial charge in [-0.05, 0) is 19.1 Å². The van der Waals surface area contributed by atoms with Crippen LogP contribution in [0.2, 0.25) is 0 Å². The van der Waals surface area contributed by atoms with Gasteiger partial charge in [-0.3, -0.25) is 0 Å². The molecule has 0 atom stereocenters. The number of hydrogen-bond acceptors (Lipinski definition) is 6. The van der Waals surface area contributed by atoms with Gasteiger partial charge in [-0.15, -0.1) is 0 Å². The number of rotatable bonds is 6. The Balaban J connectivity index is 2.05. The second-order valence-corrected chi connectivity index (χ2v) is 7.25. The summed E-state index contributed by atoms with van der Waals surface area (Å²) in [6, 6.07) is 0. The van der Waals surface area contributed by atoms with E-state index in [2.05, 4.69) is 20.0 Å². The van der Waals surface area contributed by atoms with E-state index in [0.29, 0.717) is 12.5 Å². The van der Waals surface area contributed by atoms with Crippen molar-refractivity contribution >= 4 is 27.7 Å². The van der Waals surface area contributed by atoms with Gasteiger partial charge in [-0.2, -0.15) is 11.8 Å². The number of aromatic nitrogens is 2. The molecule has 1 fully saturated rings. The first-order valence-electron chi connectivity index (χ1n) is 5.56. The van der Waals surface area contributed by atoms with Crippen LogP contribution in [-0.4, -0.2) is 43.0 Å². The summed E-state index contributed by atoms with van der Waals surface area (Å²) in [4.78, 5) is 7.89. The van der Waals surface area contributed by atoms with E-state index >= 15 is 0 Å². The predicted octanol–water partition coefficient (Wildman–Crippen LogP) is 0.692. The van der Waals surface area contributed by atoms with Crippen LogP contribution in [0.4, 0.5) is 5.95 Å². The fourth-order valence-electron chi connectivity index (χ4n) is 1.49. The number of anilines is 1. The Labute approximate surface area is 111 Å². The summed E-state index contributed by atoms with van der Waals surface area (Å²) in [5, 5.41) is 2.74. The van der Waals surface area contributed by atoms with Crippen molar-refractivity contribution in [2.45, 2.75) is 22.5 Å². The van der Waals surface area contributed by atoms with Crippen LogP contribution in [0.3, 0.4) is 0 Å². The third-order valence-electron chi connectivity index (χ3n) is 2.99. The lowest BCUT2D eigenvalue weighted by Gasteiger charge is -2.13. The molecule has 2 rings (SSSR count). The van der Waals surface area contributed by atoms with Crippen molar-refractivity contribution in [1.82, 2.24) is 14.7 Å². The quantitative estimate of drug-likeness (QED) is 0.801. The maximum absolute atomic E-state index is 12.0. The standard InChI is InChI=1S/C10H16N4O2S2/c1-11-9-12-5-8(6-13-9)18(15,16)14-7-10(17-2)3-4-10/h5-6,14H,3-4,7H2,1-2H3,(H,11,12,13). The first-order chi connectivity index (χ1) is 8.51. The topological polar surface area (TPSA) is 84.0 Å². The average molecular weight is 288 g/mol. The molecule has 0 unspecified atom stereocenters. The average Bonchev–Trinajstić information content (AvgIpc) is 3.17. The maximum Gasteiger partial charge on any atom is 0.243 e. The lowest BCUT2D eigenvalue weighted by Crippen LogP contribution is -2.31. The SMILES string of the molecule is CNc1ncc(S(=O)(=O)NCC2(SC)CC2)cn1. The van der Waals surface area contributed by atoms with Gasteiger partial charge in [0.1, 0.15) is 4.90 Å². The Morgan fingerprint density at radius 1 is 1.39 bits per heavy atom. The Bertz CT molecular complexity index is 511. The fourth-order valence-corrected chi connectivity index (χ4v) is 3.32. The number of sulfonamides is 1. The minimum atomic E-state index is -3.50. The monoisotopic (exact) mass is 288 g/mol. The van der Waals surface area contributed by atoms with Crippen LogP contribution in [0.5, 0.6) is 0 Å². The molecule has 0 aromatic carbocycles. The molecule has 1 aliphatic carbocycles. The molecule has 1 heterocycles. The summed E-state index contributed by atoms with van der Waals surface area (Å²) in [5.41, 5.74) is 0. The number of nitrogens with one attached hydrogen (secondary N) is 2. The van der Waals surface area contributed by atoms with Gasteiger partial charge in [0.15, 0.2) is 0 Å². The van der Waals surface area contributed by atoms with E-state index < -0.39 is 10.0 Å². The molecule has 0 radical (unpaired) electrons. The largest absolute Gasteiger partial charge is 0.357 e. The molecule has 0 bridgehead atoms. The molecule has 0 saturated heterocycles. The number of thioether (sulfide) groups is 1.